The van der Waals surface area contributed by atoms with Gasteiger partial charge in [-0.15, -0.1) is 5.10 Å². The number of carbonyl (C=O) groups is 2. The highest BCUT2D eigenvalue weighted by atomic mass is 35.5. The van der Waals surface area contributed by atoms with Crippen LogP contribution >= 0.6 is 19.4 Å². The second kappa shape index (κ2) is 13.9. The van der Waals surface area contributed by atoms with E-state index in [9.17, 15) is 39.6 Å². The molecule has 4 rings (SSSR count). The molecule has 1 aromatic carbocycles. The summed E-state index contributed by atoms with van der Waals surface area (Å²) in [5.41, 5.74) is 1.30. The first-order chi connectivity index (χ1) is 21.4. The highest BCUT2D eigenvalue weighted by molar-refractivity contribution is 7.46. The van der Waals surface area contributed by atoms with Crippen LogP contribution < -0.4 is 20.9 Å². The zero-order chi connectivity index (χ0) is 32.9. The Bertz CT molecular complexity index is 1740. The van der Waals surface area contributed by atoms with Gasteiger partial charge in [0, 0.05) is 25.7 Å². The number of nitriles is 2. The summed E-state index contributed by atoms with van der Waals surface area (Å²) in [5, 5.41) is 42.1. The first-order valence-electron chi connectivity index (χ1n) is 13.3. The van der Waals surface area contributed by atoms with Crippen molar-refractivity contribution in [2.45, 2.75) is 31.9 Å². The molecule has 45 heavy (non-hydrogen) atoms. The fourth-order valence-corrected chi connectivity index (χ4v) is 5.72. The second-order valence-corrected chi connectivity index (χ2v) is 11.4. The highest BCUT2D eigenvalue weighted by Crippen LogP contribution is 2.41. The number of ether oxygens (including phenoxy) is 1. The number of aromatic nitrogens is 4. The number of phosphoric acid groups is 1. The fourth-order valence-electron chi connectivity index (χ4n) is 4.93. The number of methoxy groups -OCH3 is 1. The van der Waals surface area contributed by atoms with Gasteiger partial charge in [0.15, 0.2) is 23.3 Å². The Kier molecular flexibility index (Phi) is 10.3. The number of halogens is 1. The van der Waals surface area contributed by atoms with E-state index in [0.29, 0.717) is 23.7 Å². The van der Waals surface area contributed by atoms with Crippen molar-refractivity contribution in [3.05, 3.63) is 34.6 Å². The smallest absolute Gasteiger partial charge is 0.470 e. The van der Waals surface area contributed by atoms with Crippen LogP contribution in [0.4, 0.5) is 27.9 Å². The van der Waals surface area contributed by atoms with Gasteiger partial charge in [-0.1, -0.05) is 11.6 Å². The van der Waals surface area contributed by atoms with Gasteiger partial charge < -0.3 is 40.5 Å². The molecule has 6 N–H and O–H groups in total. The summed E-state index contributed by atoms with van der Waals surface area (Å²) in [6, 6.07) is 6.42. The molecular weight excluding hydrogens is 635 g/mol. The summed E-state index contributed by atoms with van der Waals surface area (Å²) in [6.07, 6.45) is -1.45. The Morgan fingerprint density at radius 2 is 2.04 bits per heavy atom. The Balaban J connectivity index is 1.70. The van der Waals surface area contributed by atoms with Crippen molar-refractivity contribution in [3.63, 3.8) is 0 Å². The van der Waals surface area contributed by atoms with E-state index in [2.05, 4.69) is 46.3 Å². The van der Waals surface area contributed by atoms with Crippen molar-refractivity contribution in [1.82, 2.24) is 24.9 Å². The molecule has 18 nitrogen and oxygen atoms in total. The van der Waals surface area contributed by atoms with Gasteiger partial charge in [0.2, 0.25) is 5.95 Å². The molecule has 3 atom stereocenters. The van der Waals surface area contributed by atoms with E-state index in [-0.39, 0.29) is 53.8 Å². The summed E-state index contributed by atoms with van der Waals surface area (Å²) in [5.74, 6) is -1.94. The molecule has 1 fully saturated rings. The minimum absolute atomic E-state index is 0.0358. The summed E-state index contributed by atoms with van der Waals surface area (Å²) >= 11 is 6.84. The average Bonchev–Trinajstić information content (AvgIpc) is 3.41. The largest absolute Gasteiger partial charge is 0.479 e. The van der Waals surface area contributed by atoms with E-state index in [4.69, 9.17) is 11.6 Å². The number of alkyl carbamates (subject to hydrolysis) is 1. The number of amides is 1. The van der Waals surface area contributed by atoms with Gasteiger partial charge in [-0.3, -0.25) is 4.52 Å². The summed E-state index contributed by atoms with van der Waals surface area (Å²) in [7, 11) is -4.00. The maximum absolute atomic E-state index is 12.0. The molecule has 0 bridgehead atoms. The molecule has 0 saturated carbocycles. The number of benzene rings is 1. The molecule has 3 aromatic rings. The molecule has 1 unspecified atom stereocenters. The van der Waals surface area contributed by atoms with Crippen molar-refractivity contribution in [3.8, 4) is 12.1 Å². The van der Waals surface area contributed by atoms with Crippen LogP contribution in [0, 0.1) is 28.6 Å². The van der Waals surface area contributed by atoms with Gasteiger partial charge in [0.25, 0.3) is 0 Å². The molecule has 0 aliphatic carbocycles. The lowest BCUT2D eigenvalue weighted by Gasteiger charge is -2.41. The fraction of sp³-hybridized carbons (Fsp3) is 0.400. The summed E-state index contributed by atoms with van der Waals surface area (Å²) in [4.78, 5) is 52.7. The number of carboxylic acids is 1. The van der Waals surface area contributed by atoms with E-state index in [1.807, 2.05) is 13.0 Å². The second-order valence-electron chi connectivity index (χ2n) is 9.79. The number of carboxylic acid groups (broad SMARTS) is 1. The Hall–Kier alpha value is -4.71. The molecule has 1 aliphatic heterocycles. The molecule has 238 valence electrons. The number of anilines is 4. The van der Waals surface area contributed by atoms with Crippen LogP contribution in [0.3, 0.4) is 0 Å². The molecule has 20 heteroatoms. The third-order valence-electron chi connectivity index (χ3n) is 6.87. The number of nitrogens with one attached hydrogen (secondary N) is 3. The van der Waals surface area contributed by atoms with Crippen LogP contribution in [0.25, 0.3) is 5.65 Å². The minimum atomic E-state index is -5.16. The molecule has 1 saturated heterocycles. The van der Waals surface area contributed by atoms with E-state index in [1.54, 1.807) is 4.90 Å². The topological polar surface area (TPSA) is 260 Å². The maximum Gasteiger partial charge on any atom is 0.470 e. The van der Waals surface area contributed by atoms with Gasteiger partial charge in [-0.05, 0) is 37.8 Å². The first kappa shape index (κ1) is 33.2. The number of rotatable bonds is 11. The molecule has 1 aliphatic rings. The first-order valence-corrected chi connectivity index (χ1v) is 15.2. The van der Waals surface area contributed by atoms with Crippen LogP contribution in [-0.2, 0) is 18.6 Å². The highest BCUT2D eigenvalue weighted by Gasteiger charge is 2.38. The van der Waals surface area contributed by atoms with E-state index in [1.165, 1.54) is 22.8 Å². The summed E-state index contributed by atoms with van der Waals surface area (Å²) < 4.78 is 22.0. The van der Waals surface area contributed by atoms with Gasteiger partial charge in [-0.25, -0.2) is 19.1 Å². The van der Waals surface area contributed by atoms with E-state index in [0.717, 1.165) is 7.11 Å². The monoisotopic (exact) mass is 662 g/mol. The number of aliphatic carboxylic acids is 1. The number of piperidine rings is 1. The summed E-state index contributed by atoms with van der Waals surface area (Å²) in [6.45, 7) is 2.68. The average molecular weight is 663 g/mol. The van der Waals surface area contributed by atoms with Crippen molar-refractivity contribution in [2.75, 3.05) is 42.3 Å². The Morgan fingerprint density at radius 1 is 1.29 bits per heavy atom. The van der Waals surface area contributed by atoms with E-state index < -0.39 is 37.9 Å². The van der Waals surface area contributed by atoms with Crippen molar-refractivity contribution in [1.29, 1.82) is 10.5 Å². The van der Waals surface area contributed by atoms with Gasteiger partial charge in [-0.2, -0.15) is 20.0 Å². The van der Waals surface area contributed by atoms with Crippen LogP contribution in [0.5, 0.6) is 0 Å². The van der Waals surface area contributed by atoms with Crippen molar-refractivity contribution < 1.29 is 38.3 Å². The van der Waals surface area contributed by atoms with Crippen LogP contribution in [0.1, 0.15) is 31.0 Å². The molecule has 2 aromatic heterocycles. The van der Waals surface area contributed by atoms with Crippen molar-refractivity contribution in [2.24, 2.45) is 5.92 Å². The zero-order valence-corrected chi connectivity index (χ0v) is 25.5. The number of hydrogen-bond donors (Lipinski definition) is 6. The third kappa shape index (κ3) is 7.88. The Labute approximate surface area is 260 Å². The maximum atomic E-state index is 12.0. The molecule has 3 heterocycles. The minimum Gasteiger partial charge on any atom is -0.479 e. The van der Waals surface area contributed by atoms with E-state index >= 15 is 0 Å². The lowest BCUT2D eigenvalue weighted by Crippen LogP contribution is -2.52. The van der Waals surface area contributed by atoms with Gasteiger partial charge >= 0.3 is 19.9 Å². The standard InChI is InChI=1S/C25H28ClN10O8P/c1-3-29-21-22-30-11-15(10-28)36(22)34-24(33-21)31-17-6-13(9-27)7-18(20(17)26)35-5-4-16(32-25(39)43-2)14(12-35)8-19(23(37)38)44-45(40,41)42/h6-7,11,14,16,19H,3-5,8,12H2,1-2H3,(H,32,39)(H,37,38)(H2,40,41,42)(H2,29,31,33,34)/t14-,16-,19?/m1/s1. The van der Waals surface area contributed by atoms with Crippen LogP contribution in [0.15, 0.2) is 18.3 Å². The molecule has 0 spiro atoms. The van der Waals surface area contributed by atoms with Crippen LogP contribution in [0.2, 0.25) is 5.02 Å². The zero-order valence-electron chi connectivity index (χ0n) is 23.8. The molecule has 0 radical (unpaired) electrons. The Morgan fingerprint density at radius 3 is 2.67 bits per heavy atom. The number of phosphoric ester groups is 1. The lowest BCUT2D eigenvalue weighted by molar-refractivity contribution is -0.147. The lowest BCUT2D eigenvalue weighted by atomic mass is 9.87. The molecule has 1 amide bonds. The predicted molar refractivity (Wildman–Crippen MR) is 158 cm³/mol. The van der Waals surface area contributed by atoms with Crippen LogP contribution in [-0.4, -0.2) is 85.4 Å². The number of imidazole rings is 1. The predicted octanol–water partition coefficient (Wildman–Crippen LogP) is 2.20. The third-order valence-corrected chi connectivity index (χ3v) is 7.80. The quantitative estimate of drug-likeness (QED) is 0.161. The van der Waals surface area contributed by atoms with Crippen molar-refractivity contribution >= 4 is 60.3 Å². The van der Waals surface area contributed by atoms with Gasteiger partial charge in [0.1, 0.15) is 6.07 Å². The molecular formula is C25H28ClN10O8P. The number of carbonyl (C=O) groups excluding carboxylic acids is 1. The number of fused-ring (bicyclic) bond motifs is 1. The normalized spacial score (nSPS) is 17.2. The number of hydrogen-bond acceptors (Lipinski definition) is 13. The van der Waals surface area contributed by atoms with Gasteiger partial charge in [0.05, 0.1) is 41.3 Å². The SMILES string of the molecule is CCNc1nc(Nc2cc(C#N)cc(N3CC[C@@H](NC(=O)OC)[C@H](CC(OP(=O)(O)O)C(=O)O)C3)c2Cl)nn2c(C#N)cnc12. The number of nitrogens with zero attached hydrogens (tertiary/aromatic N) is 7.